The highest BCUT2D eigenvalue weighted by Crippen LogP contribution is 2.27. The average Bonchev–Trinajstić information content (AvgIpc) is 3.60. The van der Waals surface area contributed by atoms with Crippen LogP contribution in [-0.4, -0.2) is 37.4 Å². The Bertz CT molecular complexity index is 1720. The van der Waals surface area contributed by atoms with E-state index < -0.39 is 17.7 Å². The number of furan rings is 1. The van der Waals surface area contributed by atoms with Crippen LogP contribution in [0.2, 0.25) is 0 Å². The number of anilines is 1. The Labute approximate surface area is 211 Å². The Morgan fingerprint density at radius 2 is 1.76 bits per heavy atom. The van der Waals surface area contributed by atoms with Gasteiger partial charge in [-0.1, -0.05) is 18.2 Å². The molecule has 0 saturated carbocycles. The smallest absolute Gasteiger partial charge is 0.261 e. The van der Waals surface area contributed by atoms with Gasteiger partial charge in [-0.25, -0.2) is 4.98 Å². The van der Waals surface area contributed by atoms with Crippen molar-refractivity contribution in [3.8, 4) is 5.82 Å². The average molecular weight is 492 g/mol. The molecule has 3 amide bonds. The van der Waals surface area contributed by atoms with E-state index in [9.17, 15) is 14.4 Å². The molecule has 6 rings (SSSR count). The van der Waals surface area contributed by atoms with Crippen LogP contribution in [0, 0.1) is 13.8 Å². The number of carbonyl (C=O) groups is 3. The highest BCUT2D eigenvalue weighted by atomic mass is 16.3. The maximum Gasteiger partial charge on any atom is 0.261 e. The topological polar surface area (TPSA) is 110 Å². The third kappa shape index (κ3) is 3.86. The molecule has 182 valence electrons. The minimum atomic E-state index is -0.470. The van der Waals surface area contributed by atoms with Gasteiger partial charge in [0, 0.05) is 17.0 Å². The van der Waals surface area contributed by atoms with Crippen molar-refractivity contribution in [1.29, 1.82) is 0 Å². The molecule has 0 bridgehead atoms. The summed E-state index contributed by atoms with van der Waals surface area (Å²) >= 11 is 0. The number of rotatable bonds is 5. The summed E-state index contributed by atoms with van der Waals surface area (Å²) in [6.45, 7) is 3.85. The minimum absolute atomic E-state index is 0.0253. The van der Waals surface area contributed by atoms with Gasteiger partial charge in [0.1, 0.15) is 11.6 Å². The van der Waals surface area contributed by atoms with Crippen LogP contribution in [0.15, 0.2) is 77.4 Å². The fourth-order valence-electron chi connectivity index (χ4n) is 4.53. The van der Waals surface area contributed by atoms with E-state index in [-0.39, 0.29) is 23.2 Å². The van der Waals surface area contributed by atoms with Crippen LogP contribution in [0.1, 0.15) is 48.1 Å². The Morgan fingerprint density at radius 1 is 0.946 bits per heavy atom. The van der Waals surface area contributed by atoms with Crippen LogP contribution >= 0.6 is 0 Å². The molecular weight excluding hydrogens is 470 g/mol. The summed E-state index contributed by atoms with van der Waals surface area (Å²) in [4.78, 5) is 44.8. The molecule has 0 fully saturated rings. The molecule has 37 heavy (non-hydrogen) atoms. The van der Waals surface area contributed by atoms with Crippen molar-refractivity contribution < 1.29 is 18.8 Å². The molecule has 1 aliphatic rings. The van der Waals surface area contributed by atoms with Gasteiger partial charge in [0.15, 0.2) is 5.82 Å². The maximum atomic E-state index is 13.2. The Hall–Kier alpha value is -5.05. The van der Waals surface area contributed by atoms with E-state index in [1.165, 1.54) is 24.5 Å². The number of imide groups is 1. The Balaban J connectivity index is 1.29. The first-order valence-corrected chi connectivity index (χ1v) is 11.7. The summed E-state index contributed by atoms with van der Waals surface area (Å²) in [7, 11) is 0. The normalized spacial score (nSPS) is 12.9. The molecular formula is C28H21N5O4. The number of nitrogens with zero attached hydrogens (tertiary/aromatic N) is 4. The number of amides is 3. The summed E-state index contributed by atoms with van der Waals surface area (Å²) < 4.78 is 6.86. The van der Waals surface area contributed by atoms with Crippen LogP contribution in [-0.2, 0) is 6.54 Å². The summed E-state index contributed by atoms with van der Waals surface area (Å²) in [6.07, 6.45) is 1.48. The zero-order valence-corrected chi connectivity index (χ0v) is 20.1. The lowest BCUT2D eigenvalue weighted by molar-refractivity contribution is 0.0631. The number of pyridine rings is 1. The van der Waals surface area contributed by atoms with Crippen molar-refractivity contribution >= 4 is 34.4 Å². The predicted molar refractivity (Wildman–Crippen MR) is 136 cm³/mol. The van der Waals surface area contributed by atoms with E-state index in [4.69, 9.17) is 9.40 Å². The number of hydrogen-bond acceptors (Lipinski definition) is 6. The van der Waals surface area contributed by atoms with E-state index in [1.807, 2.05) is 44.2 Å². The lowest BCUT2D eigenvalue weighted by Crippen LogP contribution is -2.28. The van der Waals surface area contributed by atoms with Gasteiger partial charge in [0.25, 0.3) is 17.7 Å². The van der Waals surface area contributed by atoms with E-state index in [0.29, 0.717) is 23.1 Å². The zero-order chi connectivity index (χ0) is 25.7. The van der Waals surface area contributed by atoms with Gasteiger partial charge in [-0.2, -0.15) is 9.78 Å². The molecule has 5 aromatic rings. The standard InChI is InChI=1S/C28H21N5O4/c1-16-12-24(29-23-8-4-3-7-20(16)23)33-25(13-17(2)31-33)30-26(34)18-9-10-21-22(14-18)28(36)32(27(21)35)15-19-6-5-11-37-19/h3-14H,15H2,1-2H3,(H,30,34). The lowest BCUT2D eigenvalue weighted by atomic mass is 10.1. The van der Waals surface area contributed by atoms with Gasteiger partial charge in [0.05, 0.1) is 35.1 Å². The van der Waals surface area contributed by atoms with Gasteiger partial charge in [0.2, 0.25) is 0 Å². The van der Waals surface area contributed by atoms with Gasteiger partial charge in [-0.05, 0) is 61.9 Å². The van der Waals surface area contributed by atoms with Crippen molar-refractivity contribution in [3.05, 3.63) is 107 Å². The maximum absolute atomic E-state index is 13.2. The van der Waals surface area contributed by atoms with Crippen molar-refractivity contribution in [2.45, 2.75) is 20.4 Å². The third-order valence-corrected chi connectivity index (χ3v) is 6.33. The molecule has 0 unspecified atom stereocenters. The quantitative estimate of drug-likeness (QED) is 0.358. The van der Waals surface area contributed by atoms with Crippen molar-refractivity contribution in [2.75, 3.05) is 5.32 Å². The number of carbonyl (C=O) groups excluding carboxylic acids is 3. The molecule has 4 heterocycles. The van der Waals surface area contributed by atoms with E-state index in [1.54, 1.807) is 22.9 Å². The first-order chi connectivity index (χ1) is 17.9. The molecule has 9 nitrogen and oxygen atoms in total. The van der Waals surface area contributed by atoms with Crippen LogP contribution in [0.3, 0.4) is 0 Å². The second kappa shape index (κ2) is 8.56. The number of benzene rings is 2. The van der Waals surface area contributed by atoms with E-state index >= 15 is 0 Å². The molecule has 1 N–H and O–H groups in total. The first kappa shape index (κ1) is 22.4. The SMILES string of the molecule is Cc1cc(NC(=O)c2ccc3c(c2)C(=O)N(Cc2ccco2)C3=O)n(-c2cc(C)c3ccccc3n2)n1. The summed E-state index contributed by atoms with van der Waals surface area (Å²) in [5, 5.41) is 8.44. The molecule has 3 aromatic heterocycles. The van der Waals surface area contributed by atoms with Crippen LogP contribution in [0.4, 0.5) is 5.82 Å². The number of fused-ring (bicyclic) bond motifs is 2. The molecule has 0 atom stereocenters. The fourth-order valence-corrected chi connectivity index (χ4v) is 4.53. The molecule has 0 radical (unpaired) electrons. The molecule has 9 heteroatoms. The number of nitrogens with one attached hydrogen (secondary N) is 1. The second-order valence-corrected chi connectivity index (χ2v) is 8.89. The Morgan fingerprint density at radius 3 is 2.57 bits per heavy atom. The monoisotopic (exact) mass is 491 g/mol. The molecule has 0 aliphatic carbocycles. The number of para-hydroxylation sites is 1. The second-order valence-electron chi connectivity index (χ2n) is 8.89. The largest absolute Gasteiger partial charge is 0.467 e. The summed E-state index contributed by atoms with van der Waals surface area (Å²) in [5.41, 5.74) is 3.24. The number of aryl methyl sites for hydroxylation is 2. The van der Waals surface area contributed by atoms with Crippen molar-refractivity contribution in [2.24, 2.45) is 0 Å². The van der Waals surface area contributed by atoms with E-state index in [2.05, 4.69) is 10.4 Å². The lowest BCUT2D eigenvalue weighted by Gasteiger charge is -2.11. The zero-order valence-electron chi connectivity index (χ0n) is 20.1. The molecule has 2 aromatic carbocycles. The van der Waals surface area contributed by atoms with Gasteiger partial charge < -0.3 is 9.73 Å². The number of hydrogen-bond donors (Lipinski definition) is 1. The van der Waals surface area contributed by atoms with Crippen molar-refractivity contribution in [1.82, 2.24) is 19.7 Å². The van der Waals surface area contributed by atoms with Crippen LogP contribution in [0.5, 0.6) is 0 Å². The van der Waals surface area contributed by atoms with E-state index in [0.717, 1.165) is 21.4 Å². The van der Waals surface area contributed by atoms with Gasteiger partial charge >= 0.3 is 0 Å². The van der Waals surface area contributed by atoms with Crippen LogP contribution < -0.4 is 5.32 Å². The highest BCUT2D eigenvalue weighted by molar-refractivity contribution is 6.22. The highest BCUT2D eigenvalue weighted by Gasteiger charge is 2.36. The summed E-state index contributed by atoms with van der Waals surface area (Å²) in [5.74, 6) is 0.173. The van der Waals surface area contributed by atoms with Crippen LogP contribution in [0.25, 0.3) is 16.7 Å². The molecule has 1 aliphatic heterocycles. The summed E-state index contributed by atoms with van der Waals surface area (Å²) in [6, 6.07) is 19.3. The first-order valence-electron chi connectivity index (χ1n) is 11.7. The third-order valence-electron chi connectivity index (χ3n) is 6.33. The minimum Gasteiger partial charge on any atom is -0.467 e. The molecule has 0 spiro atoms. The van der Waals surface area contributed by atoms with Gasteiger partial charge in [-0.3, -0.25) is 19.3 Å². The van der Waals surface area contributed by atoms with Gasteiger partial charge in [-0.15, -0.1) is 0 Å². The fraction of sp³-hybridized carbons (Fsp3) is 0.107. The predicted octanol–water partition coefficient (Wildman–Crippen LogP) is 4.68. The molecule has 0 saturated heterocycles. The van der Waals surface area contributed by atoms with Crippen molar-refractivity contribution in [3.63, 3.8) is 0 Å². The Kier molecular flexibility index (Phi) is 5.19. The number of aromatic nitrogens is 3.